The molecule has 0 aliphatic rings. The van der Waals surface area contributed by atoms with Crippen LogP contribution in [0.15, 0.2) is 16.7 Å². The van der Waals surface area contributed by atoms with Gasteiger partial charge in [-0.1, -0.05) is 11.8 Å². The number of aromatic nitrogens is 2. The number of nitrogens with zero attached hydrogens (tertiary/aromatic N) is 2. The van der Waals surface area contributed by atoms with Crippen LogP contribution in [0.5, 0.6) is 0 Å². The van der Waals surface area contributed by atoms with Gasteiger partial charge in [0.15, 0.2) is 0 Å². The molecule has 2 heterocycles. The van der Waals surface area contributed by atoms with Crippen molar-refractivity contribution in [3.05, 3.63) is 23.7 Å². The zero-order valence-electron chi connectivity index (χ0n) is 8.69. The highest BCUT2D eigenvalue weighted by molar-refractivity contribution is 5.36. The first kappa shape index (κ1) is 9.81. The predicted octanol–water partition coefficient (Wildman–Crippen LogP) is 1.16. The largest absolute Gasteiger partial charge is 0.441 e. The minimum absolute atomic E-state index is 0.493. The van der Waals surface area contributed by atoms with E-state index >= 15 is 0 Å². The maximum Gasteiger partial charge on any atom is 0.222 e. The van der Waals surface area contributed by atoms with Crippen molar-refractivity contribution >= 4 is 5.71 Å². The van der Waals surface area contributed by atoms with E-state index in [1.54, 1.807) is 17.6 Å². The molecule has 0 radical (unpaired) electrons. The third-order valence-electron chi connectivity index (χ3n) is 1.90. The fourth-order valence-electron chi connectivity index (χ4n) is 1.33. The van der Waals surface area contributed by atoms with Crippen LogP contribution in [-0.4, -0.2) is 20.8 Å². The van der Waals surface area contributed by atoms with Crippen molar-refractivity contribution in [3.63, 3.8) is 0 Å². The number of fused-ring (bicyclic) bond motifs is 1. The van der Waals surface area contributed by atoms with E-state index in [9.17, 15) is 0 Å². The van der Waals surface area contributed by atoms with E-state index in [1.165, 1.54) is 0 Å². The van der Waals surface area contributed by atoms with Crippen LogP contribution >= 0.6 is 0 Å². The highest BCUT2D eigenvalue weighted by atomic mass is 16.4. The number of hydrogen-bond donors (Lipinski definition) is 1. The van der Waals surface area contributed by atoms with Crippen LogP contribution < -0.4 is 0 Å². The average molecular weight is 204 g/mol. The van der Waals surface area contributed by atoms with Crippen LogP contribution in [0.3, 0.4) is 0 Å². The molecule has 0 saturated heterocycles. The summed E-state index contributed by atoms with van der Waals surface area (Å²) < 4.78 is 7.18. The summed E-state index contributed by atoms with van der Waals surface area (Å²) >= 11 is 0. The van der Waals surface area contributed by atoms with Gasteiger partial charge in [0.2, 0.25) is 5.71 Å². The number of rotatable bonds is 1. The summed E-state index contributed by atoms with van der Waals surface area (Å²) in [5, 5.41) is 13.1. The maximum atomic E-state index is 8.94. The van der Waals surface area contributed by atoms with Crippen molar-refractivity contribution < 1.29 is 9.52 Å². The Kier molecular flexibility index (Phi) is 2.48. The van der Waals surface area contributed by atoms with Gasteiger partial charge in [-0.3, -0.25) is 0 Å². The molecule has 15 heavy (non-hydrogen) atoms. The number of aryl methyl sites for hydroxylation is 1. The molecule has 1 atom stereocenters. The maximum absolute atomic E-state index is 8.94. The molecule has 0 fully saturated rings. The Morgan fingerprint density at radius 2 is 2.47 bits per heavy atom. The molecule has 0 bridgehead atoms. The molecule has 0 aromatic carbocycles. The second-order valence-electron chi connectivity index (χ2n) is 3.44. The molecule has 2 aromatic rings. The first-order chi connectivity index (χ1) is 7.15. The summed E-state index contributed by atoms with van der Waals surface area (Å²) in [5.41, 5.74) is 1.65. The van der Waals surface area contributed by atoms with Crippen LogP contribution in [0.25, 0.3) is 5.71 Å². The number of aliphatic hydroxyl groups excluding tert-OH is 1. The van der Waals surface area contributed by atoms with Crippen molar-refractivity contribution in [1.82, 2.24) is 9.61 Å². The van der Waals surface area contributed by atoms with E-state index in [-0.39, 0.29) is 0 Å². The molecule has 0 amide bonds. The SMILES string of the molecule is Cc1cc2oc(CC#CC(C)O)cn2n1. The summed E-state index contributed by atoms with van der Waals surface area (Å²) in [6, 6.07) is 1.87. The van der Waals surface area contributed by atoms with Crippen LogP contribution in [0.4, 0.5) is 0 Å². The van der Waals surface area contributed by atoms with Gasteiger partial charge in [0.05, 0.1) is 18.3 Å². The molecule has 1 N–H and O–H groups in total. The van der Waals surface area contributed by atoms with Gasteiger partial charge in [0.1, 0.15) is 11.9 Å². The molecule has 2 aromatic heterocycles. The lowest BCUT2D eigenvalue weighted by Gasteiger charge is -1.87. The Balaban J connectivity index is 2.17. The van der Waals surface area contributed by atoms with Crippen molar-refractivity contribution in [2.24, 2.45) is 0 Å². The first-order valence-corrected chi connectivity index (χ1v) is 4.76. The molecule has 2 rings (SSSR count). The summed E-state index contributed by atoms with van der Waals surface area (Å²) in [7, 11) is 0. The average Bonchev–Trinajstić information content (AvgIpc) is 2.60. The van der Waals surface area contributed by atoms with Crippen molar-refractivity contribution in [3.8, 4) is 11.8 Å². The van der Waals surface area contributed by atoms with Gasteiger partial charge < -0.3 is 9.52 Å². The lowest BCUT2D eigenvalue weighted by molar-refractivity contribution is 0.253. The number of oxazole rings is 1. The van der Waals surface area contributed by atoms with E-state index in [2.05, 4.69) is 16.9 Å². The van der Waals surface area contributed by atoms with Gasteiger partial charge in [-0.05, 0) is 13.8 Å². The fourth-order valence-corrected chi connectivity index (χ4v) is 1.33. The minimum atomic E-state index is -0.591. The van der Waals surface area contributed by atoms with Crippen molar-refractivity contribution in [2.45, 2.75) is 26.4 Å². The highest BCUT2D eigenvalue weighted by Gasteiger charge is 2.04. The smallest absolute Gasteiger partial charge is 0.222 e. The second-order valence-corrected chi connectivity index (χ2v) is 3.44. The molecule has 0 aliphatic carbocycles. The van der Waals surface area contributed by atoms with Crippen molar-refractivity contribution in [2.75, 3.05) is 0 Å². The molecule has 4 nitrogen and oxygen atoms in total. The zero-order chi connectivity index (χ0) is 10.8. The summed E-state index contributed by atoms with van der Waals surface area (Å²) in [5.74, 6) is 6.24. The Labute approximate surface area is 87.5 Å². The van der Waals surface area contributed by atoms with Gasteiger partial charge in [-0.25, -0.2) is 4.52 Å². The van der Waals surface area contributed by atoms with Crippen molar-refractivity contribution in [1.29, 1.82) is 0 Å². The second kappa shape index (κ2) is 3.79. The number of hydrogen-bond acceptors (Lipinski definition) is 3. The summed E-state index contributed by atoms with van der Waals surface area (Å²) in [6.45, 7) is 3.54. The van der Waals surface area contributed by atoms with Crippen LogP contribution in [0.2, 0.25) is 0 Å². The third-order valence-corrected chi connectivity index (χ3v) is 1.90. The van der Waals surface area contributed by atoms with Gasteiger partial charge in [0.25, 0.3) is 0 Å². The van der Waals surface area contributed by atoms with E-state index in [1.807, 2.05) is 13.0 Å². The molecule has 4 heteroatoms. The van der Waals surface area contributed by atoms with E-state index in [0.717, 1.165) is 17.2 Å². The van der Waals surface area contributed by atoms with Gasteiger partial charge in [-0.2, -0.15) is 5.10 Å². The molecule has 0 saturated carbocycles. The summed E-state index contributed by atoms with van der Waals surface area (Å²) in [6.07, 6.45) is 1.71. The van der Waals surface area contributed by atoms with Crippen LogP contribution in [0.1, 0.15) is 18.4 Å². The molecule has 0 spiro atoms. The molecule has 78 valence electrons. The molecule has 0 aliphatic heterocycles. The van der Waals surface area contributed by atoms with Gasteiger partial charge in [0, 0.05) is 6.07 Å². The van der Waals surface area contributed by atoms with Gasteiger partial charge in [-0.15, -0.1) is 0 Å². The Morgan fingerprint density at radius 3 is 3.13 bits per heavy atom. The monoisotopic (exact) mass is 204 g/mol. The quantitative estimate of drug-likeness (QED) is 0.709. The Bertz CT molecular complexity index is 494. The molecule has 1 unspecified atom stereocenters. The predicted molar refractivity (Wildman–Crippen MR) is 55.4 cm³/mol. The zero-order valence-corrected chi connectivity index (χ0v) is 8.69. The third kappa shape index (κ3) is 2.20. The van der Waals surface area contributed by atoms with Gasteiger partial charge >= 0.3 is 0 Å². The van der Waals surface area contributed by atoms with Crippen LogP contribution in [0, 0.1) is 18.8 Å². The Hall–Kier alpha value is -1.73. The standard InChI is InChI=1S/C11H12N2O2/c1-8-6-11-13(12-8)7-10(15-11)5-3-4-9(2)14/h6-7,9,14H,5H2,1-2H3. The summed E-state index contributed by atoms with van der Waals surface area (Å²) in [4.78, 5) is 0. The lowest BCUT2D eigenvalue weighted by Crippen LogP contribution is -1.92. The van der Waals surface area contributed by atoms with E-state index in [0.29, 0.717) is 6.42 Å². The van der Waals surface area contributed by atoms with Crippen LogP contribution in [-0.2, 0) is 6.42 Å². The van der Waals surface area contributed by atoms with E-state index in [4.69, 9.17) is 9.52 Å². The Morgan fingerprint density at radius 1 is 1.67 bits per heavy atom. The number of aliphatic hydroxyl groups is 1. The molecular weight excluding hydrogens is 192 g/mol. The topological polar surface area (TPSA) is 50.7 Å². The normalized spacial score (nSPS) is 12.5. The highest BCUT2D eigenvalue weighted by Crippen LogP contribution is 2.11. The fraction of sp³-hybridized carbons (Fsp3) is 0.364. The lowest BCUT2D eigenvalue weighted by atomic mass is 10.3. The first-order valence-electron chi connectivity index (χ1n) is 4.76. The molecular formula is C11H12N2O2. The van der Waals surface area contributed by atoms with E-state index < -0.39 is 6.10 Å². The minimum Gasteiger partial charge on any atom is -0.441 e.